The topological polar surface area (TPSA) is 81.8 Å². The maximum Gasteiger partial charge on any atom is 0.265 e. The van der Waals surface area contributed by atoms with E-state index in [2.05, 4.69) is 15.4 Å². The van der Waals surface area contributed by atoms with Gasteiger partial charge < -0.3 is 5.32 Å². The number of aryl methyl sites for hydroxylation is 1. The van der Waals surface area contributed by atoms with E-state index in [4.69, 9.17) is 0 Å². The molecule has 0 radical (unpaired) electrons. The van der Waals surface area contributed by atoms with Gasteiger partial charge in [-0.2, -0.15) is 5.10 Å². The average Bonchev–Trinajstić information content (AvgIpc) is 3.21. The Bertz CT molecular complexity index is 1040. The molecule has 134 valence electrons. The Morgan fingerprint density at radius 3 is 2.85 bits per heavy atom. The summed E-state index contributed by atoms with van der Waals surface area (Å²) < 4.78 is 3.33. The Hall–Kier alpha value is -2.61. The molecule has 4 rings (SSSR count). The molecule has 1 aliphatic rings. The number of hydrogen-bond acceptors (Lipinski definition) is 5. The lowest BCUT2D eigenvalue weighted by atomic mass is 10.2. The Morgan fingerprint density at radius 2 is 2.12 bits per heavy atom. The molecule has 0 saturated carbocycles. The molecule has 8 heteroatoms. The minimum Gasteiger partial charge on any atom is -0.356 e. The largest absolute Gasteiger partial charge is 0.356 e. The van der Waals surface area contributed by atoms with Crippen LogP contribution in [-0.2, 0) is 4.79 Å². The smallest absolute Gasteiger partial charge is 0.265 e. The first-order valence-electron chi connectivity index (χ1n) is 8.55. The number of rotatable bonds is 4. The SMILES string of the molecule is CCNC(=O)CC1CSc2nc3c(cnn3-c3ccc(C)cc3)c(=O)n21. The molecule has 0 saturated heterocycles. The van der Waals surface area contributed by atoms with Crippen LogP contribution in [-0.4, -0.2) is 37.5 Å². The van der Waals surface area contributed by atoms with Gasteiger partial charge in [0.1, 0.15) is 5.39 Å². The predicted octanol–water partition coefficient (Wildman–Crippen LogP) is 2.06. The number of amides is 1. The Kier molecular flexibility index (Phi) is 4.28. The van der Waals surface area contributed by atoms with Crippen LogP contribution in [0.4, 0.5) is 0 Å². The van der Waals surface area contributed by atoms with Crippen LogP contribution in [0.25, 0.3) is 16.7 Å². The number of aromatic nitrogens is 4. The van der Waals surface area contributed by atoms with Crippen molar-refractivity contribution in [2.75, 3.05) is 12.3 Å². The van der Waals surface area contributed by atoms with E-state index >= 15 is 0 Å². The minimum atomic E-state index is -0.173. The zero-order valence-corrected chi connectivity index (χ0v) is 15.4. The van der Waals surface area contributed by atoms with Gasteiger partial charge >= 0.3 is 0 Å². The first kappa shape index (κ1) is 16.8. The third-order valence-corrected chi connectivity index (χ3v) is 5.54. The molecule has 0 aliphatic carbocycles. The molecule has 1 aromatic carbocycles. The summed E-state index contributed by atoms with van der Waals surface area (Å²) in [5.74, 6) is 0.623. The maximum atomic E-state index is 13.0. The molecule has 0 spiro atoms. The van der Waals surface area contributed by atoms with Crippen molar-refractivity contribution >= 4 is 28.7 Å². The van der Waals surface area contributed by atoms with Gasteiger partial charge in [-0.05, 0) is 26.0 Å². The van der Waals surface area contributed by atoms with E-state index in [1.54, 1.807) is 15.4 Å². The molecule has 26 heavy (non-hydrogen) atoms. The lowest BCUT2D eigenvalue weighted by Crippen LogP contribution is -2.30. The van der Waals surface area contributed by atoms with Crippen molar-refractivity contribution in [1.29, 1.82) is 0 Å². The molecule has 1 amide bonds. The monoisotopic (exact) mass is 369 g/mol. The van der Waals surface area contributed by atoms with E-state index in [-0.39, 0.29) is 23.9 Å². The Balaban J connectivity index is 1.77. The number of carbonyl (C=O) groups is 1. The maximum absolute atomic E-state index is 13.0. The number of benzene rings is 1. The molecule has 3 heterocycles. The van der Waals surface area contributed by atoms with Crippen molar-refractivity contribution < 1.29 is 4.79 Å². The molecule has 0 bridgehead atoms. The molecular formula is C18H19N5O2S. The highest BCUT2D eigenvalue weighted by atomic mass is 32.2. The van der Waals surface area contributed by atoms with E-state index in [0.29, 0.717) is 28.5 Å². The molecule has 2 aromatic heterocycles. The second-order valence-corrected chi connectivity index (χ2v) is 7.31. The van der Waals surface area contributed by atoms with E-state index in [9.17, 15) is 9.59 Å². The Morgan fingerprint density at radius 1 is 1.35 bits per heavy atom. The van der Waals surface area contributed by atoms with E-state index in [1.165, 1.54) is 11.8 Å². The minimum absolute atomic E-state index is 0.0479. The van der Waals surface area contributed by atoms with Crippen LogP contribution in [0.15, 0.2) is 40.4 Å². The van der Waals surface area contributed by atoms with Crippen molar-refractivity contribution in [3.05, 3.63) is 46.4 Å². The van der Waals surface area contributed by atoms with Gasteiger partial charge in [0.05, 0.1) is 17.9 Å². The zero-order valence-electron chi connectivity index (χ0n) is 14.6. The van der Waals surface area contributed by atoms with Crippen molar-refractivity contribution in [3.8, 4) is 5.69 Å². The number of hydrogen-bond donors (Lipinski definition) is 1. The molecule has 1 N–H and O–H groups in total. The van der Waals surface area contributed by atoms with Gasteiger partial charge in [0.25, 0.3) is 5.56 Å². The zero-order chi connectivity index (χ0) is 18.3. The van der Waals surface area contributed by atoms with Gasteiger partial charge in [-0.1, -0.05) is 29.5 Å². The lowest BCUT2D eigenvalue weighted by Gasteiger charge is -2.13. The van der Waals surface area contributed by atoms with Gasteiger partial charge in [-0.3, -0.25) is 14.2 Å². The van der Waals surface area contributed by atoms with Crippen LogP contribution in [0.3, 0.4) is 0 Å². The quantitative estimate of drug-likeness (QED) is 0.712. The number of fused-ring (bicyclic) bond motifs is 2. The summed E-state index contributed by atoms with van der Waals surface area (Å²) >= 11 is 1.51. The number of carbonyl (C=O) groups excluding carboxylic acids is 1. The number of thioether (sulfide) groups is 1. The normalized spacial score (nSPS) is 16.0. The predicted molar refractivity (Wildman–Crippen MR) is 101 cm³/mol. The van der Waals surface area contributed by atoms with Crippen molar-refractivity contribution in [2.24, 2.45) is 0 Å². The molecule has 1 aliphatic heterocycles. The van der Waals surface area contributed by atoms with Crippen LogP contribution in [0.1, 0.15) is 24.9 Å². The molecule has 3 aromatic rings. The summed E-state index contributed by atoms with van der Waals surface area (Å²) in [6.07, 6.45) is 1.84. The third kappa shape index (κ3) is 2.80. The van der Waals surface area contributed by atoms with Crippen LogP contribution in [0.2, 0.25) is 0 Å². The van der Waals surface area contributed by atoms with E-state index in [0.717, 1.165) is 11.3 Å². The van der Waals surface area contributed by atoms with E-state index in [1.807, 2.05) is 38.1 Å². The van der Waals surface area contributed by atoms with Crippen LogP contribution >= 0.6 is 11.8 Å². The summed E-state index contributed by atoms with van der Waals surface area (Å²) in [6.45, 7) is 4.49. The molecular weight excluding hydrogens is 350 g/mol. The molecule has 0 fully saturated rings. The third-order valence-electron chi connectivity index (χ3n) is 4.44. The van der Waals surface area contributed by atoms with Crippen LogP contribution in [0.5, 0.6) is 0 Å². The number of nitrogens with zero attached hydrogens (tertiary/aromatic N) is 4. The second kappa shape index (κ2) is 6.60. The summed E-state index contributed by atoms with van der Waals surface area (Å²) in [5, 5.41) is 8.27. The van der Waals surface area contributed by atoms with Crippen molar-refractivity contribution in [1.82, 2.24) is 24.6 Å². The van der Waals surface area contributed by atoms with Gasteiger partial charge in [0.2, 0.25) is 5.91 Å². The second-order valence-electron chi connectivity index (χ2n) is 6.32. The first-order chi connectivity index (χ1) is 12.6. The van der Waals surface area contributed by atoms with Gasteiger partial charge in [-0.15, -0.1) is 0 Å². The highest BCUT2D eigenvalue weighted by Gasteiger charge is 2.29. The summed E-state index contributed by atoms with van der Waals surface area (Å²) in [7, 11) is 0. The van der Waals surface area contributed by atoms with Gasteiger partial charge in [-0.25, -0.2) is 9.67 Å². The fourth-order valence-corrected chi connectivity index (χ4v) is 4.27. The summed E-state index contributed by atoms with van der Waals surface area (Å²) in [5.41, 5.74) is 2.44. The van der Waals surface area contributed by atoms with Crippen LogP contribution < -0.4 is 10.9 Å². The molecule has 7 nitrogen and oxygen atoms in total. The van der Waals surface area contributed by atoms with Crippen molar-refractivity contribution in [3.63, 3.8) is 0 Å². The fraction of sp³-hybridized carbons (Fsp3) is 0.333. The first-order valence-corrected chi connectivity index (χ1v) is 9.54. The Labute approximate surface area is 154 Å². The number of nitrogens with one attached hydrogen (secondary N) is 1. The highest BCUT2D eigenvalue weighted by molar-refractivity contribution is 7.99. The summed E-state index contributed by atoms with van der Waals surface area (Å²) in [6, 6.07) is 7.74. The average molecular weight is 369 g/mol. The fourth-order valence-electron chi connectivity index (χ4n) is 3.14. The molecule has 1 atom stereocenters. The lowest BCUT2D eigenvalue weighted by molar-refractivity contribution is -0.121. The van der Waals surface area contributed by atoms with Gasteiger partial charge in [0, 0.05) is 18.7 Å². The van der Waals surface area contributed by atoms with Crippen LogP contribution in [0, 0.1) is 6.92 Å². The summed E-state index contributed by atoms with van der Waals surface area (Å²) in [4.78, 5) is 29.6. The highest BCUT2D eigenvalue weighted by Crippen LogP contribution is 2.33. The van der Waals surface area contributed by atoms with Crippen molar-refractivity contribution in [2.45, 2.75) is 31.5 Å². The standard InChI is InChI=1S/C18H19N5O2S/c1-3-19-15(24)8-13-10-26-18-21-16-14(17(25)22(13)18)9-20-23(16)12-6-4-11(2)5-7-12/h4-7,9,13H,3,8,10H2,1-2H3,(H,19,24). The van der Waals surface area contributed by atoms with Gasteiger partial charge in [0.15, 0.2) is 10.8 Å². The molecule has 1 unspecified atom stereocenters. The van der Waals surface area contributed by atoms with E-state index < -0.39 is 0 Å².